The standard InChI is InChI=1S/C36H24N6O/c1-21-4-3-5-22(2)32(21)23-6-9-27-26-10-7-24(19-29(26)34-39-14-16-41(34)31(27)18-23)43-25-8-11-28-30(20-25)35-40-15-17-42(35)36-33(28)37-12-13-38-36/h3-20H,1-2H3. The molecule has 0 saturated carbocycles. The molecular weight excluding hydrogens is 532 g/mol. The van der Waals surface area contributed by atoms with Gasteiger partial charge in [-0.05, 0) is 84.0 Å². The Morgan fingerprint density at radius 2 is 1.16 bits per heavy atom. The molecule has 43 heavy (non-hydrogen) atoms. The van der Waals surface area contributed by atoms with Gasteiger partial charge in [-0.2, -0.15) is 0 Å². The third kappa shape index (κ3) is 3.48. The maximum absolute atomic E-state index is 6.46. The lowest BCUT2D eigenvalue weighted by atomic mass is 9.94. The lowest BCUT2D eigenvalue weighted by Gasteiger charge is -2.14. The second kappa shape index (κ2) is 8.84. The van der Waals surface area contributed by atoms with E-state index in [1.165, 1.54) is 27.6 Å². The van der Waals surface area contributed by atoms with Gasteiger partial charge < -0.3 is 4.74 Å². The van der Waals surface area contributed by atoms with Crippen LogP contribution in [0.25, 0.3) is 66.0 Å². The number of ether oxygens (including phenoxy) is 1. The quantitative estimate of drug-likeness (QED) is 0.204. The highest BCUT2D eigenvalue weighted by Crippen LogP contribution is 2.37. The minimum atomic E-state index is 0.721. The Labute approximate surface area is 245 Å². The molecule has 0 unspecified atom stereocenters. The predicted molar refractivity (Wildman–Crippen MR) is 171 cm³/mol. The van der Waals surface area contributed by atoms with E-state index in [9.17, 15) is 0 Å². The molecule has 9 aromatic rings. The van der Waals surface area contributed by atoms with Gasteiger partial charge in [0.2, 0.25) is 0 Å². The van der Waals surface area contributed by atoms with Crippen molar-refractivity contribution in [3.8, 4) is 22.6 Å². The number of benzene rings is 4. The van der Waals surface area contributed by atoms with Gasteiger partial charge in [0.15, 0.2) is 5.65 Å². The summed E-state index contributed by atoms with van der Waals surface area (Å²) < 4.78 is 10.6. The highest BCUT2D eigenvalue weighted by atomic mass is 16.5. The summed E-state index contributed by atoms with van der Waals surface area (Å²) in [5.74, 6) is 1.46. The van der Waals surface area contributed by atoms with E-state index in [0.717, 1.165) is 61.0 Å². The number of aryl methyl sites for hydroxylation is 2. The molecule has 5 aromatic heterocycles. The SMILES string of the molecule is Cc1cccc(C)c1-c1ccc2c3ccc(Oc4ccc5c(c4)c4nccn4c4nccnc54)cc3c3nccn3c2c1. The van der Waals surface area contributed by atoms with Crippen molar-refractivity contribution < 1.29 is 4.74 Å². The first-order valence-corrected chi connectivity index (χ1v) is 14.2. The molecule has 9 rings (SSSR count). The number of hydrogen-bond acceptors (Lipinski definition) is 5. The molecule has 5 heterocycles. The van der Waals surface area contributed by atoms with E-state index in [4.69, 9.17) is 9.72 Å². The van der Waals surface area contributed by atoms with Crippen molar-refractivity contribution in [2.45, 2.75) is 13.8 Å². The number of fused-ring (bicyclic) bond motifs is 12. The Morgan fingerprint density at radius 3 is 1.95 bits per heavy atom. The first-order chi connectivity index (χ1) is 21.1. The Balaban J connectivity index is 1.18. The fraction of sp³-hybridized carbons (Fsp3) is 0.0556. The molecule has 0 radical (unpaired) electrons. The molecule has 0 N–H and O–H groups in total. The van der Waals surface area contributed by atoms with Crippen molar-refractivity contribution in [3.05, 3.63) is 121 Å². The summed E-state index contributed by atoms with van der Waals surface area (Å²) in [5.41, 5.74) is 9.48. The normalized spacial score (nSPS) is 12.0. The topological polar surface area (TPSA) is 69.6 Å². The summed E-state index contributed by atoms with van der Waals surface area (Å²) in [6.07, 6.45) is 11.0. The zero-order valence-corrected chi connectivity index (χ0v) is 23.5. The lowest BCUT2D eigenvalue weighted by molar-refractivity contribution is 0.484. The van der Waals surface area contributed by atoms with Gasteiger partial charge in [0.25, 0.3) is 0 Å². The molecule has 0 amide bonds. The summed E-state index contributed by atoms with van der Waals surface area (Å²) in [4.78, 5) is 18.5. The predicted octanol–water partition coefficient (Wildman–Crippen LogP) is 8.46. The largest absolute Gasteiger partial charge is 0.457 e. The van der Waals surface area contributed by atoms with E-state index in [1.807, 2.05) is 47.3 Å². The van der Waals surface area contributed by atoms with Crippen LogP contribution in [0.5, 0.6) is 11.5 Å². The first kappa shape index (κ1) is 23.8. The molecule has 7 nitrogen and oxygen atoms in total. The number of aromatic nitrogens is 6. The highest BCUT2D eigenvalue weighted by molar-refractivity contribution is 6.13. The van der Waals surface area contributed by atoms with E-state index >= 15 is 0 Å². The Morgan fingerprint density at radius 1 is 0.535 bits per heavy atom. The van der Waals surface area contributed by atoms with E-state index in [2.05, 4.69) is 81.7 Å². The van der Waals surface area contributed by atoms with E-state index in [1.54, 1.807) is 18.6 Å². The average Bonchev–Trinajstić information content (AvgIpc) is 3.73. The van der Waals surface area contributed by atoms with Gasteiger partial charge in [0.05, 0.1) is 5.52 Å². The maximum Gasteiger partial charge on any atom is 0.165 e. The van der Waals surface area contributed by atoms with Gasteiger partial charge in [-0.3, -0.25) is 13.8 Å². The van der Waals surface area contributed by atoms with Crippen LogP contribution in [0.4, 0.5) is 0 Å². The van der Waals surface area contributed by atoms with Gasteiger partial charge in [0.1, 0.15) is 28.3 Å². The summed E-state index contributed by atoms with van der Waals surface area (Å²) >= 11 is 0. The van der Waals surface area contributed by atoms with Crippen molar-refractivity contribution in [1.29, 1.82) is 0 Å². The van der Waals surface area contributed by atoms with Crippen LogP contribution >= 0.6 is 0 Å². The van der Waals surface area contributed by atoms with Crippen molar-refractivity contribution >= 4 is 54.9 Å². The van der Waals surface area contributed by atoms with Gasteiger partial charge in [0, 0.05) is 58.7 Å². The van der Waals surface area contributed by atoms with Crippen molar-refractivity contribution in [2.24, 2.45) is 0 Å². The molecule has 0 bridgehead atoms. The smallest absolute Gasteiger partial charge is 0.165 e. The van der Waals surface area contributed by atoms with Crippen LogP contribution in [0.3, 0.4) is 0 Å². The second-order valence-electron chi connectivity index (χ2n) is 11.0. The molecule has 0 aliphatic carbocycles. The summed E-state index contributed by atoms with van der Waals surface area (Å²) in [5, 5.41) is 5.28. The lowest BCUT2D eigenvalue weighted by Crippen LogP contribution is -1.95. The number of hydrogen-bond donors (Lipinski definition) is 0. The first-order valence-electron chi connectivity index (χ1n) is 14.2. The number of imidazole rings is 2. The third-order valence-corrected chi connectivity index (χ3v) is 8.46. The van der Waals surface area contributed by atoms with E-state index in [0.29, 0.717) is 0 Å². The minimum absolute atomic E-state index is 0.721. The van der Waals surface area contributed by atoms with Crippen LogP contribution in [0.2, 0.25) is 0 Å². The van der Waals surface area contributed by atoms with Gasteiger partial charge in [-0.15, -0.1) is 0 Å². The molecule has 0 aliphatic heterocycles. The van der Waals surface area contributed by atoms with Crippen LogP contribution < -0.4 is 4.74 Å². The fourth-order valence-electron chi connectivity index (χ4n) is 6.57. The summed E-state index contributed by atoms with van der Waals surface area (Å²) in [6, 6.07) is 25.5. The monoisotopic (exact) mass is 556 g/mol. The molecule has 4 aromatic carbocycles. The molecule has 0 spiro atoms. The van der Waals surface area contributed by atoms with Crippen LogP contribution in [0.15, 0.2) is 110 Å². The minimum Gasteiger partial charge on any atom is -0.457 e. The van der Waals surface area contributed by atoms with E-state index < -0.39 is 0 Å². The zero-order valence-electron chi connectivity index (χ0n) is 23.5. The molecule has 0 aliphatic rings. The zero-order chi connectivity index (χ0) is 28.7. The Hall–Kier alpha value is -5.82. The van der Waals surface area contributed by atoms with Gasteiger partial charge in [-0.1, -0.05) is 30.3 Å². The molecule has 7 heteroatoms. The maximum atomic E-state index is 6.46. The van der Waals surface area contributed by atoms with Crippen molar-refractivity contribution in [1.82, 2.24) is 28.7 Å². The van der Waals surface area contributed by atoms with Crippen molar-refractivity contribution in [2.75, 3.05) is 0 Å². The highest BCUT2D eigenvalue weighted by Gasteiger charge is 2.15. The molecule has 0 atom stereocenters. The fourth-order valence-corrected chi connectivity index (χ4v) is 6.57. The van der Waals surface area contributed by atoms with Crippen LogP contribution in [-0.2, 0) is 0 Å². The number of rotatable bonds is 3. The number of nitrogens with zero attached hydrogens (tertiary/aromatic N) is 6. The average molecular weight is 557 g/mol. The molecule has 0 saturated heterocycles. The van der Waals surface area contributed by atoms with E-state index in [-0.39, 0.29) is 0 Å². The molecule has 204 valence electrons. The van der Waals surface area contributed by atoms with Crippen LogP contribution in [-0.4, -0.2) is 28.7 Å². The molecular formula is C36H24N6O. The van der Waals surface area contributed by atoms with Crippen LogP contribution in [0, 0.1) is 13.8 Å². The Bertz CT molecular complexity index is 2560. The Kier molecular flexibility index (Phi) is 4.90. The molecule has 0 fully saturated rings. The van der Waals surface area contributed by atoms with Crippen LogP contribution in [0.1, 0.15) is 11.1 Å². The van der Waals surface area contributed by atoms with Gasteiger partial charge in [-0.25, -0.2) is 15.0 Å². The van der Waals surface area contributed by atoms with Gasteiger partial charge >= 0.3 is 0 Å². The third-order valence-electron chi connectivity index (χ3n) is 8.46. The summed E-state index contributed by atoms with van der Waals surface area (Å²) in [6.45, 7) is 4.34. The van der Waals surface area contributed by atoms with Crippen molar-refractivity contribution in [3.63, 3.8) is 0 Å². The number of pyridine rings is 2. The summed E-state index contributed by atoms with van der Waals surface area (Å²) in [7, 11) is 0. The second-order valence-corrected chi connectivity index (χ2v) is 11.0.